The van der Waals surface area contributed by atoms with Crippen LogP contribution in [0, 0.1) is 5.92 Å². The molecule has 0 aliphatic carbocycles. The second-order valence-electron chi connectivity index (χ2n) is 17.9. The van der Waals surface area contributed by atoms with E-state index in [0.29, 0.717) is 12.0 Å². The number of aliphatic carboxylic acids is 3. The molecule has 77 heavy (non-hydrogen) atoms. The van der Waals surface area contributed by atoms with Crippen LogP contribution in [-0.4, -0.2) is 183 Å². The second kappa shape index (κ2) is 34.4. The van der Waals surface area contributed by atoms with E-state index in [1.807, 2.05) is 5.32 Å². The van der Waals surface area contributed by atoms with Crippen LogP contribution in [0.15, 0.2) is 40.3 Å². The molecular formula is C46H75N15O16. The van der Waals surface area contributed by atoms with Crippen LogP contribution in [0.1, 0.15) is 84.6 Å². The van der Waals surface area contributed by atoms with Gasteiger partial charge in [0.15, 0.2) is 11.9 Å². The predicted molar refractivity (Wildman–Crippen MR) is 274 cm³/mol. The molecule has 0 radical (unpaired) electrons. The number of nitrogens with two attached hydrogens (primary N) is 5. The van der Waals surface area contributed by atoms with Gasteiger partial charge in [0.2, 0.25) is 47.3 Å². The van der Waals surface area contributed by atoms with Crippen molar-refractivity contribution in [2.24, 2.45) is 44.6 Å². The average Bonchev–Trinajstić information content (AvgIpc) is 3.35. The van der Waals surface area contributed by atoms with Crippen LogP contribution in [0.3, 0.4) is 0 Å². The van der Waals surface area contributed by atoms with Crippen LogP contribution >= 0.6 is 0 Å². The molecule has 0 bridgehead atoms. The molecule has 0 unspecified atom stereocenters. The lowest BCUT2D eigenvalue weighted by Gasteiger charge is -2.28. The largest absolute Gasteiger partial charge is 0.481 e. The molecule has 31 heteroatoms. The lowest BCUT2D eigenvalue weighted by atomic mass is 9.99. The van der Waals surface area contributed by atoms with E-state index in [4.69, 9.17) is 28.7 Å². The first-order valence-corrected chi connectivity index (χ1v) is 24.4. The molecule has 0 heterocycles. The molecule has 23 N–H and O–H groups in total. The minimum Gasteiger partial charge on any atom is -0.481 e. The highest BCUT2D eigenvalue weighted by atomic mass is 16.4. The third-order valence-electron chi connectivity index (χ3n) is 11.5. The maximum atomic E-state index is 14.1. The Kier molecular flexibility index (Phi) is 29.8. The first-order chi connectivity index (χ1) is 36.1. The van der Waals surface area contributed by atoms with Crippen LogP contribution in [-0.2, 0) is 59.2 Å². The Balaban J connectivity index is 3.58. The van der Waals surface area contributed by atoms with E-state index in [1.165, 1.54) is 6.92 Å². The number of hydrogen-bond acceptors (Lipinski definition) is 16. The zero-order valence-corrected chi connectivity index (χ0v) is 43.2. The van der Waals surface area contributed by atoms with Crippen molar-refractivity contribution >= 4 is 77.1 Å². The van der Waals surface area contributed by atoms with Crippen LogP contribution in [0.25, 0.3) is 0 Å². The summed E-state index contributed by atoms with van der Waals surface area (Å²) in [5, 5.41) is 66.8. The Morgan fingerprint density at radius 3 is 1.43 bits per heavy atom. The summed E-state index contributed by atoms with van der Waals surface area (Å²) in [7, 11) is 0. The molecule has 1 rings (SSSR count). The Hall–Kier alpha value is -8.19. The number of carbonyl (C=O) groups is 11. The molecule has 0 saturated heterocycles. The van der Waals surface area contributed by atoms with E-state index < -0.39 is 152 Å². The van der Waals surface area contributed by atoms with Crippen molar-refractivity contribution < 1.29 is 78.3 Å². The third-order valence-corrected chi connectivity index (χ3v) is 11.5. The van der Waals surface area contributed by atoms with Crippen LogP contribution < -0.4 is 71.2 Å². The number of amides is 8. The second-order valence-corrected chi connectivity index (χ2v) is 17.9. The van der Waals surface area contributed by atoms with Crippen molar-refractivity contribution in [2.45, 2.75) is 146 Å². The van der Waals surface area contributed by atoms with Crippen molar-refractivity contribution in [3.63, 3.8) is 0 Å². The van der Waals surface area contributed by atoms with Gasteiger partial charge in [-0.2, -0.15) is 0 Å². The van der Waals surface area contributed by atoms with E-state index >= 15 is 0 Å². The van der Waals surface area contributed by atoms with Gasteiger partial charge in [0.1, 0.15) is 48.3 Å². The number of carbonyl (C=O) groups excluding carboxylic acids is 8. The summed E-state index contributed by atoms with van der Waals surface area (Å²) in [6.07, 6.45) is -4.16. The summed E-state index contributed by atoms with van der Waals surface area (Å²) >= 11 is 0. The number of nitrogens with zero attached hydrogens (tertiary/aromatic N) is 2. The van der Waals surface area contributed by atoms with Gasteiger partial charge in [-0.05, 0) is 57.4 Å². The standard InChI is InChI=1S/C46H75N15O16/c1-5-22(2)34(47)42(74)59-30(20-33(66)67)40(72)56-27(14-10-18-53-46(50)51)38(70)57-28(15-16-32(64)65)39(71)55-26(13-9-17-52-45(48)49)37(69)54-23(3)36(68)58-29(19-25-11-7-6-8-12-25)41(73)61-35(24(4)63)43(75)60-31(21-62)44(76)77/h6-8,11-12,22-24,26-31,34-35,62-63H,5,9-10,13-21,47H2,1-4H3,(H,54,69)(H,55,71)(H,56,72)(H,57,70)(H,58,68)(H,59,74)(H,60,75)(H,61,73)(H,64,65)(H,66,67)(H,76,77)(H4,48,49,52)(H4,50,51,53)/t22-,23-,24+,26-,27-,28-,29-,30-,31-,34-,35-/m0/s1. The minimum atomic E-state index is -1.79. The van der Waals surface area contributed by atoms with Gasteiger partial charge in [0.05, 0.1) is 25.2 Å². The van der Waals surface area contributed by atoms with Crippen LogP contribution in [0.4, 0.5) is 0 Å². The lowest BCUT2D eigenvalue weighted by Crippen LogP contribution is -2.61. The van der Waals surface area contributed by atoms with Crippen molar-refractivity contribution in [1.82, 2.24) is 42.5 Å². The average molecular weight is 1090 g/mol. The highest BCUT2D eigenvalue weighted by Gasteiger charge is 2.36. The smallest absolute Gasteiger partial charge is 0.328 e. The van der Waals surface area contributed by atoms with Gasteiger partial charge >= 0.3 is 17.9 Å². The normalized spacial score (nSPS) is 15.2. The van der Waals surface area contributed by atoms with E-state index in [2.05, 4.69) is 47.2 Å². The van der Waals surface area contributed by atoms with Gasteiger partial charge in [-0.15, -0.1) is 0 Å². The van der Waals surface area contributed by atoms with Crippen molar-refractivity contribution in [3.05, 3.63) is 35.9 Å². The Bertz CT molecular complexity index is 2250. The maximum Gasteiger partial charge on any atom is 0.328 e. The van der Waals surface area contributed by atoms with Crippen LogP contribution in [0.5, 0.6) is 0 Å². The quantitative estimate of drug-likeness (QED) is 0.0169. The van der Waals surface area contributed by atoms with E-state index in [0.717, 1.165) is 6.92 Å². The SMILES string of the molecule is CC[C@H](C)[C@H](N)C(=O)N[C@@H](CC(=O)O)C(=O)N[C@@H](CCCN=C(N)N)C(=O)N[C@@H](CCC(=O)O)C(=O)N[C@@H](CCCN=C(N)N)C(=O)N[C@@H](C)C(=O)N[C@@H](Cc1ccccc1)C(=O)N[C@H](C(=O)N[C@@H](CO)C(=O)O)[C@@H](C)O. The molecular weight excluding hydrogens is 1020 g/mol. The summed E-state index contributed by atoms with van der Waals surface area (Å²) in [6.45, 7) is 4.56. The van der Waals surface area contributed by atoms with Crippen molar-refractivity contribution in [3.8, 4) is 0 Å². The molecule has 1 aromatic rings. The van der Waals surface area contributed by atoms with Crippen molar-refractivity contribution in [1.29, 1.82) is 0 Å². The fourth-order valence-corrected chi connectivity index (χ4v) is 6.90. The number of nitrogens with one attached hydrogen (secondary N) is 8. The molecule has 0 aliphatic rings. The molecule has 0 spiro atoms. The van der Waals surface area contributed by atoms with Crippen molar-refractivity contribution in [2.75, 3.05) is 19.7 Å². The number of rotatable bonds is 36. The highest BCUT2D eigenvalue weighted by Crippen LogP contribution is 2.11. The molecule has 8 amide bonds. The highest BCUT2D eigenvalue weighted by molar-refractivity contribution is 5.98. The molecule has 0 aliphatic heterocycles. The van der Waals surface area contributed by atoms with Gasteiger partial charge in [-0.1, -0.05) is 50.6 Å². The summed E-state index contributed by atoms with van der Waals surface area (Å²) < 4.78 is 0. The topological polar surface area (TPSA) is 540 Å². The maximum absolute atomic E-state index is 14.1. The van der Waals surface area contributed by atoms with Gasteiger partial charge in [0, 0.05) is 25.9 Å². The number of aliphatic hydroxyl groups excluding tert-OH is 2. The zero-order chi connectivity index (χ0) is 58.5. The summed E-state index contributed by atoms with van der Waals surface area (Å²) in [6, 6.07) is -6.29. The third kappa shape index (κ3) is 25.7. The molecule has 1 aromatic carbocycles. The number of hydrogen-bond donors (Lipinski definition) is 18. The summed E-state index contributed by atoms with van der Waals surface area (Å²) in [5.41, 5.74) is 28.2. The van der Waals surface area contributed by atoms with Gasteiger partial charge in [-0.25, -0.2) is 4.79 Å². The Labute approximate surface area is 443 Å². The lowest BCUT2D eigenvalue weighted by molar-refractivity contribution is -0.144. The number of guanidine groups is 2. The molecule has 0 saturated carbocycles. The fraction of sp³-hybridized carbons (Fsp3) is 0.587. The van der Waals surface area contributed by atoms with Gasteiger partial charge < -0.3 is 96.7 Å². The summed E-state index contributed by atoms with van der Waals surface area (Å²) in [4.78, 5) is 152. The Morgan fingerprint density at radius 1 is 0.545 bits per heavy atom. The molecule has 430 valence electrons. The van der Waals surface area contributed by atoms with E-state index in [9.17, 15) is 78.3 Å². The molecule has 31 nitrogen and oxygen atoms in total. The van der Waals surface area contributed by atoms with Gasteiger partial charge in [-0.3, -0.25) is 57.9 Å². The number of benzene rings is 1. The van der Waals surface area contributed by atoms with Gasteiger partial charge in [0.25, 0.3) is 0 Å². The van der Waals surface area contributed by atoms with Crippen LogP contribution in [0.2, 0.25) is 0 Å². The molecule has 0 fully saturated rings. The minimum absolute atomic E-state index is 0.00147. The number of carboxylic acids is 3. The molecule has 11 atom stereocenters. The first kappa shape index (κ1) is 66.8. The first-order valence-electron chi connectivity index (χ1n) is 24.4. The number of aliphatic imine (C=N–C) groups is 2. The fourth-order valence-electron chi connectivity index (χ4n) is 6.90. The Morgan fingerprint density at radius 2 is 0.987 bits per heavy atom. The van der Waals surface area contributed by atoms with E-state index in [1.54, 1.807) is 44.2 Å². The zero-order valence-electron chi connectivity index (χ0n) is 43.2. The predicted octanol–water partition coefficient (Wildman–Crippen LogP) is -6.59. The molecule has 0 aromatic heterocycles. The monoisotopic (exact) mass is 1090 g/mol. The summed E-state index contributed by atoms with van der Waals surface area (Å²) in [5.74, 6) is -14.0. The number of aliphatic hydroxyl groups is 2. The number of carboxylic acid groups (broad SMARTS) is 3. The van der Waals surface area contributed by atoms with E-state index in [-0.39, 0.29) is 63.0 Å².